The number of rotatable bonds is 5. The summed E-state index contributed by atoms with van der Waals surface area (Å²) in [6.45, 7) is 1.11. The lowest BCUT2D eigenvalue weighted by atomic mass is 10.1. The van der Waals surface area contributed by atoms with E-state index in [9.17, 15) is 22.5 Å². The molecule has 1 atom stereocenters. The monoisotopic (exact) mass is 490 g/mol. The second kappa shape index (κ2) is 8.11. The van der Waals surface area contributed by atoms with E-state index in [2.05, 4.69) is 31.7 Å². The molecule has 0 spiro atoms. The smallest absolute Gasteiger partial charge is 0.291 e. The van der Waals surface area contributed by atoms with Crippen LogP contribution < -0.4 is 4.72 Å². The van der Waals surface area contributed by atoms with Crippen LogP contribution in [0.15, 0.2) is 23.4 Å². The first-order valence-electron chi connectivity index (χ1n) is 9.98. The van der Waals surface area contributed by atoms with Crippen molar-refractivity contribution in [2.24, 2.45) is 5.92 Å². The SMILES string of the molecule is N#CC1(NS(=O)(=O)c2cc(C#CC3CCOC3)c3cnc(-c4nnc(C(F)F)s4)n3c2)CC1. The van der Waals surface area contributed by atoms with E-state index in [1.54, 1.807) is 0 Å². The molecule has 0 amide bonds. The number of hydrogen-bond acceptors (Lipinski definition) is 8. The number of pyridine rings is 1. The van der Waals surface area contributed by atoms with Gasteiger partial charge < -0.3 is 4.74 Å². The van der Waals surface area contributed by atoms with E-state index in [0.717, 1.165) is 6.42 Å². The van der Waals surface area contributed by atoms with E-state index in [-0.39, 0.29) is 21.6 Å². The van der Waals surface area contributed by atoms with Crippen LogP contribution in [0, 0.1) is 29.1 Å². The Morgan fingerprint density at radius 2 is 2.18 bits per heavy atom. The normalized spacial score (nSPS) is 19.4. The lowest BCUT2D eigenvalue weighted by molar-refractivity contribution is 0.150. The van der Waals surface area contributed by atoms with Gasteiger partial charge in [-0.05, 0) is 25.3 Å². The third-order valence-corrected chi connectivity index (χ3v) is 7.81. The maximum Gasteiger partial charge on any atom is 0.291 e. The molecule has 1 N–H and O–H groups in total. The van der Waals surface area contributed by atoms with Crippen molar-refractivity contribution in [1.29, 1.82) is 5.26 Å². The van der Waals surface area contributed by atoms with Crippen molar-refractivity contribution in [2.45, 2.75) is 36.1 Å². The van der Waals surface area contributed by atoms with Gasteiger partial charge in [-0.3, -0.25) is 4.40 Å². The molecule has 2 aliphatic rings. The molecule has 170 valence electrons. The summed E-state index contributed by atoms with van der Waals surface area (Å²) in [4.78, 5) is 4.15. The number of sulfonamides is 1. The van der Waals surface area contributed by atoms with Gasteiger partial charge in [-0.25, -0.2) is 22.2 Å². The highest BCUT2D eigenvalue weighted by molar-refractivity contribution is 7.89. The predicted molar refractivity (Wildman–Crippen MR) is 113 cm³/mol. The van der Waals surface area contributed by atoms with Crippen LogP contribution >= 0.6 is 11.3 Å². The number of aromatic nitrogens is 4. The van der Waals surface area contributed by atoms with Gasteiger partial charge in [0.15, 0.2) is 15.8 Å². The maximum atomic E-state index is 13.1. The van der Waals surface area contributed by atoms with Crippen LogP contribution in [0.2, 0.25) is 0 Å². The van der Waals surface area contributed by atoms with Gasteiger partial charge in [-0.15, -0.1) is 10.2 Å². The van der Waals surface area contributed by atoms with Crippen LogP contribution in [-0.4, -0.2) is 46.8 Å². The van der Waals surface area contributed by atoms with Gasteiger partial charge in [0, 0.05) is 18.7 Å². The van der Waals surface area contributed by atoms with E-state index in [1.807, 2.05) is 6.07 Å². The number of alkyl halides is 2. The van der Waals surface area contributed by atoms with E-state index in [1.165, 1.54) is 22.9 Å². The van der Waals surface area contributed by atoms with E-state index in [4.69, 9.17) is 4.74 Å². The van der Waals surface area contributed by atoms with Gasteiger partial charge in [0.2, 0.25) is 10.0 Å². The van der Waals surface area contributed by atoms with Crippen molar-refractivity contribution in [3.8, 4) is 28.7 Å². The summed E-state index contributed by atoms with van der Waals surface area (Å²) >= 11 is 0.674. The molecule has 3 aromatic rings. The molecule has 3 aromatic heterocycles. The standard InChI is InChI=1S/C20H16F2N6O3S2/c21-16(22)18-25-26-19(32-18)17-24-8-15-13(2-1-12-3-6-31-10-12)7-14(9-28(15)17)33(29,30)27-20(11-23)4-5-20/h7-9,12,16,27H,3-6,10H2. The highest BCUT2D eigenvalue weighted by Gasteiger charge is 2.47. The molecule has 1 saturated carbocycles. The number of nitrogens with zero attached hydrogens (tertiary/aromatic N) is 5. The van der Waals surface area contributed by atoms with Crippen molar-refractivity contribution in [3.63, 3.8) is 0 Å². The molecule has 13 heteroatoms. The highest BCUT2D eigenvalue weighted by atomic mass is 32.2. The average Bonchev–Trinajstić information content (AvgIpc) is 3.22. The topological polar surface area (TPSA) is 122 Å². The highest BCUT2D eigenvalue weighted by Crippen LogP contribution is 2.36. The lowest BCUT2D eigenvalue weighted by Gasteiger charge is -2.12. The summed E-state index contributed by atoms with van der Waals surface area (Å²) in [5.74, 6) is 6.31. The molecule has 0 radical (unpaired) electrons. The average molecular weight is 491 g/mol. The largest absolute Gasteiger partial charge is 0.380 e. The molecule has 33 heavy (non-hydrogen) atoms. The molecule has 1 saturated heterocycles. The summed E-state index contributed by atoms with van der Waals surface area (Å²) in [5.41, 5.74) is -0.223. The molecule has 0 bridgehead atoms. The van der Waals surface area contributed by atoms with Crippen molar-refractivity contribution in [1.82, 2.24) is 24.3 Å². The van der Waals surface area contributed by atoms with Crippen molar-refractivity contribution >= 4 is 26.9 Å². The Kier molecular flexibility index (Phi) is 5.37. The summed E-state index contributed by atoms with van der Waals surface area (Å²) in [6, 6.07) is 3.42. The number of halogens is 2. The summed E-state index contributed by atoms with van der Waals surface area (Å²) in [6.07, 6.45) is 1.65. The minimum atomic E-state index is -4.07. The zero-order valence-electron chi connectivity index (χ0n) is 17.0. The Balaban J connectivity index is 1.64. The Labute approximate surface area is 191 Å². The summed E-state index contributed by atoms with van der Waals surface area (Å²) in [5, 5.41) is 16.2. The molecule has 2 fully saturated rings. The van der Waals surface area contributed by atoms with Gasteiger partial charge in [0.05, 0.1) is 34.8 Å². The number of ether oxygens (including phenoxy) is 1. The Morgan fingerprint density at radius 3 is 2.82 bits per heavy atom. The number of nitrogens with one attached hydrogen (secondary N) is 1. The first kappa shape index (κ1) is 21.9. The molecule has 0 aromatic carbocycles. The third-order valence-electron chi connectivity index (χ3n) is 5.38. The molecular weight excluding hydrogens is 474 g/mol. The van der Waals surface area contributed by atoms with E-state index < -0.39 is 27.0 Å². The molecule has 9 nitrogen and oxygen atoms in total. The molecule has 1 unspecified atom stereocenters. The summed E-state index contributed by atoms with van der Waals surface area (Å²) in [7, 11) is -4.07. The molecule has 1 aliphatic heterocycles. The summed E-state index contributed by atoms with van der Waals surface area (Å²) < 4.78 is 61.4. The number of nitriles is 1. The van der Waals surface area contributed by atoms with Crippen molar-refractivity contribution in [3.05, 3.63) is 29.0 Å². The molecular formula is C20H16F2N6O3S2. The first-order chi connectivity index (χ1) is 15.8. The van der Waals surface area contributed by atoms with Crippen LogP contribution in [-0.2, 0) is 14.8 Å². The van der Waals surface area contributed by atoms with Crippen LogP contribution in [0.25, 0.3) is 16.3 Å². The second-order valence-electron chi connectivity index (χ2n) is 7.80. The maximum absolute atomic E-state index is 13.1. The zero-order chi connectivity index (χ0) is 23.2. The fraction of sp³-hybridized carbons (Fsp3) is 0.400. The Bertz CT molecular complexity index is 1440. The Hall–Kier alpha value is -2.97. The molecule has 4 heterocycles. The van der Waals surface area contributed by atoms with Crippen molar-refractivity contribution in [2.75, 3.05) is 13.2 Å². The van der Waals surface area contributed by atoms with Gasteiger partial charge in [0.1, 0.15) is 5.54 Å². The molecule has 5 rings (SSSR count). The minimum absolute atomic E-state index is 0.0240. The lowest BCUT2D eigenvalue weighted by Crippen LogP contribution is -2.35. The minimum Gasteiger partial charge on any atom is -0.380 e. The third kappa shape index (κ3) is 4.20. The second-order valence-corrected chi connectivity index (χ2v) is 10.5. The molecule has 1 aliphatic carbocycles. The number of hydrogen-bond donors (Lipinski definition) is 1. The quantitative estimate of drug-likeness (QED) is 0.545. The Morgan fingerprint density at radius 1 is 1.36 bits per heavy atom. The van der Waals surface area contributed by atoms with Crippen LogP contribution in [0.3, 0.4) is 0 Å². The van der Waals surface area contributed by atoms with Gasteiger partial charge in [-0.2, -0.15) is 9.98 Å². The fourth-order valence-electron chi connectivity index (χ4n) is 3.40. The first-order valence-corrected chi connectivity index (χ1v) is 12.3. The van der Waals surface area contributed by atoms with Crippen LogP contribution in [0.5, 0.6) is 0 Å². The van der Waals surface area contributed by atoms with Gasteiger partial charge in [-0.1, -0.05) is 23.2 Å². The van der Waals surface area contributed by atoms with Gasteiger partial charge >= 0.3 is 0 Å². The van der Waals surface area contributed by atoms with Crippen LogP contribution in [0.4, 0.5) is 8.78 Å². The van der Waals surface area contributed by atoms with Crippen molar-refractivity contribution < 1.29 is 21.9 Å². The number of imidazole rings is 1. The van der Waals surface area contributed by atoms with E-state index >= 15 is 0 Å². The van der Waals surface area contributed by atoms with E-state index in [0.29, 0.717) is 48.5 Å². The number of fused-ring (bicyclic) bond motifs is 1. The predicted octanol–water partition coefficient (Wildman–Crippen LogP) is 2.51. The van der Waals surface area contributed by atoms with Gasteiger partial charge in [0.25, 0.3) is 6.43 Å². The fourth-order valence-corrected chi connectivity index (χ4v) is 5.49. The zero-order valence-corrected chi connectivity index (χ0v) is 18.6. The van der Waals surface area contributed by atoms with Crippen LogP contribution in [0.1, 0.15) is 36.3 Å².